The number of nitrogens with two attached hydrogens (primary N) is 1. The van der Waals surface area contributed by atoms with Crippen molar-refractivity contribution in [3.8, 4) is 0 Å². The van der Waals surface area contributed by atoms with E-state index in [1.807, 2.05) is 43.0 Å². The molecule has 0 bridgehead atoms. The van der Waals surface area contributed by atoms with E-state index in [-0.39, 0.29) is 18.0 Å². The molecule has 1 saturated heterocycles. The Morgan fingerprint density at radius 2 is 2.18 bits per heavy atom. The lowest BCUT2D eigenvalue weighted by Gasteiger charge is -2.23. The number of hydrogen-bond donors (Lipinski definition) is 1. The van der Waals surface area contributed by atoms with Gasteiger partial charge >= 0.3 is 0 Å². The Balaban J connectivity index is 2.05. The van der Waals surface area contributed by atoms with Crippen LogP contribution in [0.4, 0.5) is 0 Å². The molecule has 3 nitrogen and oxygen atoms in total. The molecule has 0 saturated carbocycles. The predicted octanol–water partition coefficient (Wildman–Crippen LogP) is 1.49. The highest BCUT2D eigenvalue weighted by atomic mass is 16.2. The zero-order chi connectivity index (χ0) is 12.4. The second kappa shape index (κ2) is 4.88. The lowest BCUT2D eigenvalue weighted by molar-refractivity contribution is -0.131. The zero-order valence-electron chi connectivity index (χ0n) is 10.5. The highest BCUT2D eigenvalue weighted by Crippen LogP contribution is 2.18. The number of aryl methyl sites for hydroxylation is 1. The molecule has 2 N–H and O–H groups in total. The molecule has 92 valence electrons. The number of hydrogen-bond acceptors (Lipinski definition) is 2. The number of likely N-dealkylation sites (tertiary alicyclic amines) is 1. The Morgan fingerprint density at radius 3 is 2.76 bits per heavy atom. The lowest BCUT2D eigenvalue weighted by atomic mass is 10.1. The number of rotatable bonds is 2. The quantitative estimate of drug-likeness (QED) is 0.839. The standard InChI is InChI=1S/C14H20N2O/c1-10-5-3-4-6-12(10)9-14(17)16-8-7-13(15)11(16)2/h3-6,11,13H,7-9,15H2,1-2H3. The fourth-order valence-electron chi connectivity index (χ4n) is 2.39. The van der Waals surface area contributed by atoms with E-state index in [0.717, 1.165) is 18.5 Å². The van der Waals surface area contributed by atoms with E-state index in [4.69, 9.17) is 5.73 Å². The fraction of sp³-hybridized carbons (Fsp3) is 0.500. The van der Waals surface area contributed by atoms with E-state index in [1.165, 1.54) is 5.56 Å². The minimum absolute atomic E-state index is 0.135. The molecule has 3 heteroatoms. The minimum atomic E-state index is 0.135. The molecular formula is C14H20N2O. The molecule has 0 aliphatic carbocycles. The Morgan fingerprint density at radius 1 is 1.47 bits per heavy atom. The van der Waals surface area contributed by atoms with Crippen LogP contribution in [0.5, 0.6) is 0 Å². The second-order valence-electron chi connectivity index (χ2n) is 4.88. The Kier molecular flexibility index (Phi) is 3.48. The third-order valence-corrected chi connectivity index (χ3v) is 3.74. The average molecular weight is 232 g/mol. The summed E-state index contributed by atoms with van der Waals surface area (Å²) < 4.78 is 0. The van der Waals surface area contributed by atoms with Gasteiger partial charge in [0, 0.05) is 18.6 Å². The Hall–Kier alpha value is -1.35. The van der Waals surface area contributed by atoms with Gasteiger partial charge in [0.2, 0.25) is 5.91 Å². The molecule has 2 rings (SSSR count). The summed E-state index contributed by atoms with van der Waals surface area (Å²) in [5.74, 6) is 0.194. The first-order valence-corrected chi connectivity index (χ1v) is 6.19. The van der Waals surface area contributed by atoms with Crippen molar-refractivity contribution < 1.29 is 4.79 Å². The summed E-state index contributed by atoms with van der Waals surface area (Å²) in [7, 11) is 0. The monoisotopic (exact) mass is 232 g/mol. The molecule has 1 aliphatic heterocycles. The van der Waals surface area contributed by atoms with Crippen LogP contribution in [-0.4, -0.2) is 29.4 Å². The van der Waals surface area contributed by atoms with E-state index in [1.54, 1.807) is 0 Å². The molecular weight excluding hydrogens is 212 g/mol. The topological polar surface area (TPSA) is 46.3 Å². The highest BCUT2D eigenvalue weighted by molar-refractivity contribution is 5.79. The van der Waals surface area contributed by atoms with Crippen LogP contribution in [0.2, 0.25) is 0 Å². The molecule has 1 fully saturated rings. The van der Waals surface area contributed by atoms with Crippen LogP contribution in [0.25, 0.3) is 0 Å². The lowest BCUT2D eigenvalue weighted by Crippen LogP contribution is -2.41. The Bertz CT molecular complexity index is 416. The molecule has 17 heavy (non-hydrogen) atoms. The van der Waals surface area contributed by atoms with E-state index >= 15 is 0 Å². The first kappa shape index (κ1) is 12.1. The highest BCUT2D eigenvalue weighted by Gasteiger charge is 2.31. The van der Waals surface area contributed by atoms with Gasteiger partial charge in [0.25, 0.3) is 0 Å². The Labute approximate surface area is 103 Å². The minimum Gasteiger partial charge on any atom is -0.338 e. The zero-order valence-corrected chi connectivity index (χ0v) is 10.5. The van der Waals surface area contributed by atoms with Crippen molar-refractivity contribution >= 4 is 5.91 Å². The maximum Gasteiger partial charge on any atom is 0.227 e. The number of carbonyl (C=O) groups excluding carboxylic acids is 1. The number of nitrogens with zero attached hydrogens (tertiary/aromatic N) is 1. The van der Waals surface area contributed by atoms with Crippen LogP contribution in [0.1, 0.15) is 24.5 Å². The van der Waals surface area contributed by atoms with Crippen LogP contribution < -0.4 is 5.73 Å². The van der Waals surface area contributed by atoms with Gasteiger partial charge < -0.3 is 10.6 Å². The molecule has 1 aromatic rings. The van der Waals surface area contributed by atoms with E-state index in [2.05, 4.69) is 0 Å². The van der Waals surface area contributed by atoms with Crippen molar-refractivity contribution in [1.82, 2.24) is 4.90 Å². The largest absolute Gasteiger partial charge is 0.338 e. The molecule has 0 radical (unpaired) electrons. The van der Waals surface area contributed by atoms with Crippen LogP contribution in [0.3, 0.4) is 0 Å². The molecule has 2 atom stereocenters. The fourth-order valence-corrected chi connectivity index (χ4v) is 2.39. The third kappa shape index (κ3) is 2.50. The number of carbonyl (C=O) groups is 1. The smallest absolute Gasteiger partial charge is 0.227 e. The third-order valence-electron chi connectivity index (χ3n) is 3.74. The normalized spacial score (nSPS) is 24.1. The van der Waals surface area contributed by atoms with E-state index in [0.29, 0.717) is 6.42 Å². The van der Waals surface area contributed by atoms with Gasteiger partial charge in [0.1, 0.15) is 0 Å². The van der Waals surface area contributed by atoms with Gasteiger partial charge in [-0.15, -0.1) is 0 Å². The predicted molar refractivity (Wildman–Crippen MR) is 68.7 cm³/mol. The number of benzene rings is 1. The summed E-state index contributed by atoms with van der Waals surface area (Å²) in [5, 5.41) is 0. The van der Waals surface area contributed by atoms with Crippen LogP contribution in [0, 0.1) is 6.92 Å². The average Bonchev–Trinajstić information content (AvgIpc) is 2.63. The van der Waals surface area contributed by atoms with Crippen molar-refractivity contribution in [2.24, 2.45) is 5.73 Å². The van der Waals surface area contributed by atoms with E-state index < -0.39 is 0 Å². The molecule has 0 spiro atoms. The second-order valence-corrected chi connectivity index (χ2v) is 4.88. The van der Waals surface area contributed by atoms with Gasteiger partial charge in [-0.1, -0.05) is 24.3 Å². The van der Waals surface area contributed by atoms with Gasteiger partial charge in [-0.25, -0.2) is 0 Å². The van der Waals surface area contributed by atoms with Crippen molar-refractivity contribution in [3.05, 3.63) is 35.4 Å². The molecule has 2 unspecified atom stereocenters. The van der Waals surface area contributed by atoms with Crippen molar-refractivity contribution in [1.29, 1.82) is 0 Å². The summed E-state index contributed by atoms with van der Waals surface area (Å²) in [4.78, 5) is 14.1. The molecule has 1 aliphatic rings. The summed E-state index contributed by atoms with van der Waals surface area (Å²) in [6.07, 6.45) is 1.41. The van der Waals surface area contributed by atoms with Crippen LogP contribution in [0.15, 0.2) is 24.3 Å². The first-order valence-electron chi connectivity index (χ1n) is 6.19. The maximum atomic E-state index is 12.2. The van der Waals surface area contributed by atoms with Gasteiger partial charge in [-0.2, -0.15) is 0 Å². The summed E-state index contributed by atoms with van der Waals surface area (Å²) in [5.41, 5.74) is 8.23. The van der Waals surface area contributed by atoms with Gasteiger partial charge in [0.05, 0.1) is 6.42 Å². The van der Waals surface area contributed by atoms with Crippen LogP contribution >= 0.6 is 0 Å². The summed E-state index contributed by atoms with van der Waals surface area (Å²) in [6.45, 7) is 4.88. The molecule has 1 amide bonds. The van der Waals surface area contributed by atoms with Crippen molar-refractivity contribution in [3.63, 3.8) is 0 Å². The first-order chi connectivity index (χ1) is 8.09. The molecule has 1 heterocycles. The molecule has 0 aromatic heterocycles. The maximum absolute atomic E-state index is 12.2. The number of amides is 1. The summed E-state index contributed by atoms with van der Waals surface area (Å²) >= 11 is 0. The van der Waals surface area contributed by atoms with Crippen LogP contribution in [-0.2, 0) is 11.2 Å². The van der Waals surface area contributed by atoms with Crippen molar-refractivity contribution in [2.45, 2.75) is 38.8 Å². The van der Waals surface area contributed by atoms with Gasteiger partial charge in [-0.05, 0) is 31.4 Å². The SMILES string of the molecule is Cc1ccccc1CC(=O)N1CCC(N)C1C. The van der Waals surface area contributed by atoms with E-state index in [9.17, 15) is 4.79 Å². The van der Waals surface area contributed by atoms with Crippen molar-refractivity contribution in [2.75, 3.05) is 6.54 Å². The van der Waals surface area contributed by atoms with Gasteiger partial charge in [0.15, 0.2) is 0 Å². The molecule has 1 aromatic carbocycles. The van der Waals surface area contributed by atoms with Gasteiger partial charge in [-0.3, -0.25) is 4.79 Å². The summed E-state index contributed by atoms with van der Waals surface area (Å²) in [6, 6.07) is 8.35.